The maximum Gasteiger partial charge on any atom is 0.336 e. The first-order valence-electron chi connectivity index (χ1n) is 17.0. The SMILES string of the molecule is C.CC(=O)N[C@H]1[C@H](O[C@H]2[C@H](O)[C@@H](NC=O)[C@@H](Oc3ccc4c(C)cc(=O)oc4c3)O[C@@H]2CO)O[C@H](CO)[C@@H](O[C@@H]2O[C@H](CO)[C@@H](O)[C@H](O)[C@H]2NC(C)=O)[C@@H]1O. The Hall–Kier alpha value is -3.84. The average Bonchev–Trinajstić information content (AvgIpc) is 3.12. The van der Waals surface area contributed by atoms with Crippen LogP contribution in [0.3, 0.4) is 0 Å². The fraction of sp³-hybridized carbons (Fsp3) is 0.647. The van der Waals surface area contributed by atoms with Crippen molar-refractivity contribution in [3.8, 4) is 5.75 Å². The van der Waals surface area contributed by atoms with Crippen molar-refractivity contribution in [2.45, 2.75) is 120 Å². The predicted octanol–water partition coefficient (Wildman–Crippen LogP) is -4.39. The van der Waals surface area contributed by atoms with Crippen molar-refractivity contribution in [1.82, 2.24) is 16.0 Å². The van der Waals surface area contributed by atoms with Gasteiger partial charge in [0, 0.05) is 31.4 Å². The number of fused-ring (bicyclic) bond motifs is 1. The summed E-state index contributed by atoms with van der Waals surface area (Å²) in [7, 11) is 0. The highest BCUT2D eigenvalue weighted by Gasteiger charge is 2.54. The van der Waals surface area contributed by atoms with Gasteiger partial charge < -0.3 is 84.5 Å². The fourth-order valence-electron chi connectivity index (χ4n) is 6.74. The van der Waals surface area contributed by atoms with E-state index in [9.17, 15) is 54.9 Å². The summed E-state index contributed by atoms with van der Waals surface area (Å²) in [5.74, 6) is -1.24. The second-order valence-electron chi connectivity index (χ2n) is 13.1. The van der Waals surface area contributed by atoms with Gasteiger partial charge in [-0.3, -0.25) is 14.4 Å². The average molecular weight is 788 g/mol. The lowest BCUT2D eigenvalue weighted by molar-refractivity contribution is -0.350. The van der Waals surface area contributed by atoms with Crippen LogP contribution in [0.15, 0.2) is 33.5 Å². The Bertz CT molecular complexity index is 1680. The highest BCUT2D eigenvalue weighted by molar-refractivity contribution is 5.81. The van der Waals surface area contributed by atoms with E-state index in [0.717, 1.165) is 13.8 Å². The fourth-order valence-corrected chi connectivity index (χ4v) is 6.74. The number of ether oxygens (including phenoxy) is 6. The lowest BCUT2D eigenvalue weighted by atomic mass is 9.93. The summed E-state index contributed by atoms with van der Waals surface area (Å²) in [5, 5.41) is 82.4. The summed E-state index contributed by atoms with van der Waals surface area (Å²) in [6, 6.07) is 1.54. The van der Waals surface area contributed by atoms with E-state index in [1.807, 2.05) is 0 Å². The van der Waals surface area contributed by atoms with Gasteiger partial charge in [-0.15, -0.1) is 0 Å². The molecule has 0 bridgehead atoms. The number of amides is 3. The van der Waals surface area contributed by atoms with Gasteiger partial charge in [0.25, 0.3) is 0 Å². The lowest BCUT2D eigenvalue weighted by Gasteiger charge is -2.50. The number of nitrogens with one attached hydrogen (secondary N) is 3. The van der Waals surface area contributed by atoms with Gasteiger partial charge in [0.1, 0.15) is 84.4 Å². The third-order valence-electron chi connectivity index (χ3n) is 9.34. The summed E-state index contributed by atoms with van der Waals surface area (Å²) in [6.07, 6.45) is -18.8. The van der Waals surface area contributed by atoms with Gasteiger partial charge in [-0.25, -0.2) is 4.79 Å². The van der Waals surface area contributed by atoms with Gasteiger partial charge >= 0.3 is 5.63 Å². The first-order valence-corrected chi connectivity index (χ1v) is 17.0. The Labute approximate surface area is 314 Å². The molecule has 1 aromatic heterocycles. The number of aliphatic hydroxyl groups excluding tert-OH is 7. The van der Waals surface area contributed by atoms with Crippen molar-refractivity contribution in [2.24, 2.45) is 0 Å². The van der Waals surface area contributed by atoms with Crippen molar-refractivity contribution in [3.05, 3.63) is 40.2 Å². The number of carbonyl (C=O) groups is 3. The van der Waals surface area contributed by atoms with Crippen molar-refractivity contribution in [2.75, 3.05) is 19.8 Å². The van der Waals surface area contributed by atoms with Crippen LogP contribution in [0.4, 0.5) is 0 Å². The Morgan fingerprint density at radius 1 is 0.745 bits per heavy atom. The molecule has 3 amide bonds. The predicted molar refractivity (Wildman–Crippen MR) is 184 cm³/mol. The highest BCUT2D eigenvalue weighted by Crippen LogP contribution is 2.34. The smallest absolute Gasteiger partial charge is 0.336 e. The molecule has 4 heterocycles. The standard InChI is InChI=1S/C33H45N3O18.CH4/c1-12-6-21(43)49-17-7-15(4-5-16(12)17)48-31-22(34-11-40)27(46)29(19(9-38)51-31)53-33-24(36-14(3)42)28(47)30(20(10-39)52-33)54-32-23(35-13(2)41)26(45)25(44)18(8-37)50-32;/h4-7,11,18-20,22-33,37-39,44-47H,8-10H2,1-3H3,(H,34,40)(H,35,41)(H,36,42);1H4/t18-,19-,20-,22-,23-,24-,25-,26-,27-,28-,29-,30-,31+,32+,33+;/m1./s1. The van der Waals surface area contributed by atoms with Gasteiger partial charge in [0.15, 0.2) is 12.6 Å². The van der Waals surface area contributed by atoms with E-state index in [1.165, 1.54) is 18.2 Å². The zero-order valence-corrected chi connectivity index (χ0v) is 29.3. The maximum atomic E-state index is 12.3. The van der Waals surface area contributed by atoms with Crippen LogP contribution in [0.2, 0.25) is 0 Å². The molecule has 55 heavy (non-hydrogen) atoms. The van der Waals surface area contributed by atoms with E-state index < -0.39 is 129 Å². The molecule has 1 aromatic carbocycles. The lowest BCUT2D eigenvalue weighted by Crippen LogP contribution is -2.71. The molecule has 5 rings (SSSR count). The third-order valence-corrected chi connectivity index (χ3v) is 9.34. The second kappa shape index (κ2) is 18.9. The molecular formula is C34H49N3O18. The Balaban J connectivity index is 0.00000673. The van der Waals surface area contributed by atoms with E-state index >= 15 is 0 Å². The van der Waals surface area contributed by atoms with Crippen LogP contribution >= 0.6 is 0 Å². The molecule has 308 valence electrons. The number of aryl methyl sites for hydroxylation is 1. The molecule has 15 atom stereocenters. The molecule has 0 aliphatic carbocycles. The van der Waals surface area contributed by atoms with Gasteiger partial charge in [-0.2, -0.15) is 0 Å². The Morgan fingerprint density at radius 3 is 1.78 bits per heavy atom. The summed E-state index contributed by atoms with van der Waals surface area (Å²) in [6.45, 7) is 1.53. The molecule has 10 N–H and O–H groups in total. The van der Waals surface area contributed by atoms with Crippen LogP contribution in [0.25, 0.3) is 11.0 Å². The molecule has 0 radical (unpaired) electrons. The van der Waals surface area contributed by atoms with Gasteiger partial charge in [0.05, 0.1) is 19.8 Å². The first kappa shape index (κ1) is 43.9. The largest absolute Gasteiger partial charge is 0.462 e. The Kier molecular flexibility index (Phi) is 15.1. The minimum absolute atomic E-state index is 0. The monoisotopic (exact) mass is 787 g/mol. The number of hydrogen-bond acceptors (Lipinski definition) is 18. The highest BCUT2D eigenvalue weighted by atomic mass is 16.7. The molecule has 0 saturated carbocycles. The summed E-state index contributed by atoms with van der Waals surface area (Å²) >= 11 is 0. The first-order chi connectivity index (χ1) is 25.7. The van der Waals surface area contributed by atoms with E-state index in [2.05, 4.69) is 16.0 Å². The van der Waals surface area contributed by atoms with E-state index in [1.54, 1.807) is 13.0 Å². The minimum atomic E-state index is -1.81. The maximum absolute atomic E-state index is 12.3. The van der Waals surface area contributed by atoms with Crippen molar-refractivity contribution < 1.29 is 83.0 Å². The Morgan fingerprint density at radius 2 is 1.25 bits per heavy atom. The van der Waals surface area contributed by atoms with Gasteiger partial charge in [0.2, 0.25) is 24.5 Å². The number of rotatable bonds is 13. The van der Waals surface area contributed by atoms with Crippen molar-refractivity contribution >= 4 is 29.2 Å². The van der Waals surface area contributed by atoms with Crippen molar-refractivity contribution in [1.29, 1.82) is 0 Å². The van der Waals surface area contributed by atoms with E-state index in [4.69, 9.17) is 32.8 Å². The number of hydrogen-bond donors (Lipinski definition) is 10. The summed E-state index contributed by atoms with van der Waals surface area (Å²) < 4.78 is 40.6. The number of aliphatic hydroxyl groups is 7. The van der Waals surface area contributed by atoms with Crippen LogP contribution in [0.5, 0.6) is 5.75 Å². The van der Waals surface area contributed by atoms with E-state index in [-0.39, 0.29) is 25.2 Å². The molecule has 2 aromatic rings. The van der Waals surface area contributed by atoms with Crippen LogP contribution in [0, 0.1) is 6.92 Å². The van der Waals surface area contributed by atoms with Crippen LogP contribution in [-0.4, -0.2) is 166 Å². The van der Waals surface area contributed by atoms with Crippen LogP contribution in [-0.2, 0) is 38.1 Å². The molecule has 3 fully saturated rings. The summed E-state index contributed by atoms with van der Waals surface area (Å²) in [5.41, 5.74) is 0.244. The van der Waals surface area contributed by atoms with E-state index in [0.29, 0.717) is 10.9 Å². The van der Waals surface area contributed by atoms with Gasteiger partial charge in [-0.1, -0.05) is 7.43 Å². The summed E-state index contributed by atoms with van der Waals surface area (Å²) in [4.78, 5) is 47.9. The molecule has 3 saturated heterocycles. The zero-order valence-electron chi connectivity index (χ0n) is 29.3. The topological polar surface area (TPSA) is 314 Å². The number of benzene rings is 1. The van der Waals surface area contributed by atoms with Crippen molar-refractivity contribution in [3.63, 3.8) is 0 Å². The molecular weight excluding hydrogens is 738 g/mol. The molecule has 3 aliphatic heterocycles. The molecule has 0 unspecified atom stereocenters. The van der Waals surface area contributed by atoms with Gasteiger partial charge in [-0.05, 0) is 24.6 Å². The minimum Gasteiger partial charge on any atom is -0.462 e. The van der Waals surface area contributed by atoms with Crippen LogP contribution in [0.1, 0.15) is 26.8 Å². The van der Waals surface area contributed by atoms with Crippen LogP contribution < -0.4 is 26.3 Å². The third kappa shape index (κ3) is 9.59. The molecule has 21 nitrogen and oxygen atoms in total. The quantitative estimate of drug-likeness (QED) is 0.0677. The number of carbonyl (C=O) groups excluding carboxylic acids is 3. The zero-order chi connectivity index (χ0) is 39.4. The normalized spacial score (nSPS) is 36.3. The molecule has 21 heteroatoms. The molecule has 3 aliphatic rings. The molecule has 0 spiro atoms. The second-order valence-corrected chi connectivity index (χ2v) is 13.1.